The summed E-state index contributed by atoms with van der Waals surface area (Å²) in [5.74, 6) is 0.244. The predicted octanol–water partition coefficient (Wildman–Crippen LogP) is 5.05. The second kappa shape index (κ2) is 7.54. The predicted molar refractivity (Wildman–Crippen MR) is 105 cm³/mol. The molecule has 1 amide bonds. The number of hydrogen-bond acceptors (Lipinski definition) is 4. The molecule has 0 aliphatic heterocycles. The fraction of sp³-hybridized carbons (Fsp3) is 0.150. The molecule has 1 aromatic heterocycles. The van der Waals surface area contributed by atoms with Crippen LogP contribution in [0.2, 0.25) is 5.02 Å². The molecule has 0 atom stereocenters. The molecule has 0 unspecified atom stereocenters. The lowest BCUT2D eigenvalue weighted by Crippen LogP contribution is -2.15. The quantitative estimate of drug-likeness (QED) is 0.678. The Morgan fingerprint density at radius 2 is 1.69 bits per heavy atom. The van der Waals surface area contributed by atoms with Gasteiger partial charge in [0.15, 0.2) is 0 Å². The third-order valence-electron chi connectivity index (χ3n) is 4.05. The van der Waals surface area contributed by atoms with E-state index in [4.69, 9.17) is 11.6 Å². The van der Waals surface area contributed by atoms with Crippen LogP contribution >= 0.6 is 11.6 Å². The van der Waals surface area contributed by atoms with E-state index in [1.807, 2.05) is 57.2 Å². The van der Waals surface area contributed by atoms with Gasteiger partial charge in [0.1, 0.15) is 11.5 Å². The Hall–Kier alpha value is -2.92. The molecule has 6 heteroatoms. The zero-order chi connectivity index (χ0) is 18.7. The lowest BCUT2D eigenvalue weighted by molar-refractivity contribution is 0.102. The minimum atomic E-state index is -0.292. The zero-order valence-electron chi connectivity index (χ0n) is 14.8. The monoisotopic (exact) mass is 366 g/mol. The van der Waals surface area contributed by atoms with Crippen molar-refractivity contribution in [3.63, 3.8) is 0 Å². The number of carbonyl (C=O) groups is 1. The average Bonchev–Trinajstić information content (AvgIpc) is 2.62. The summed E-state index contributed by atoms with van der Waals surface area (Å²) in [4.78, 5) is 20.9. The van der Waals surface area contributed by atoms with Gasteiger partial charge in [-0.25, -0.2) is 9.97 Å². The number of para-hydroxylation sites is 1. The van der Waals surface area contributed by atoms with Crippen molar-refractivity contribution in [1.82, 2.24) is 9.97 Å². The summed E-state index contributed by atoms with van der Waals surface area (Å²) in [5.41, 5.74) is 4.86. The van der Waals surface area contributed by atoms with Crippen molar-refractivity contribution >= 4 is 34.7 Å². The highest BCUT2D eigenvalue weighted by molar-refractivity contribution is 6.31. The van der Waals surface area contributed by atoms with Gasteiger partial charge in [-0.3, -0.25) is 4.79 Å². The van der Waals surface area contributed by atoms with Crippen molar-refractivity contribution in [2.75, 3.05) is 10.6 Å². The van der Waals surface area contributed by atoms with Crippen LogP contribution in [-0.2, 0) is 0 Å². The zero-order valence-corrected chi connectivity index (χ0v) is 15.6. The second-order valence-electron chi connectivity index (χ2n) is 6.10. The van der Waals surface area contributed by atoms with E-state index in [1.54, 1.807) is 0 Å². The normalized spacial score (nSPS) is 10.5. The van der Waals surface area contributed by atoms with Crippen LogP contribution in [0.1, 0.15) is 27.2 Å². The minimum absolute atomic E-state index is 0.250. The second-order valence-corrected chi connectivity index (χ2v) is 6.50. The van der Waals surface area contributed by atoms with E-state index in [2.05, 4.69) is 20.6 Å². The summed E-state index contributed by atoms with van der Waals surface area (Å²) >= 11 is 6.12. The highest BCUT2D eigenvalue weighted by atomic mass is 35.5. The number of amides is 1. The summed E-state index contributed by atoms with van der Waals surface area (Å²) in [6.07, 6.45) is 2.97. The van der Waals surface area contributed by atoms with Gasteiger partial charge in [-0.2, -0.15) is 0 Å². The van der Waals surface area contributed by atoms with E-state index in [0.717, 1.165) is 28.1 Å². The molecule has 0 radical (unpaired) electrons. The maximum absolute atomic E-state index is 12.4. The van der Waals surface area contributed by atoms with Crippen LogP contribution < -0.4 is 10.6 Å². The van der Waals surface area contributed by atoms with Gasteiger partial charge in [0.25, 0.3) is 5.91 Å². The number of benzene rings is 2. The fourth-order valence-corrected chi connectivity index (χ4v) is 2.70. The van der Waals surface area contributed by atoms with Gasteiger partial charge in [-0.1, -0.05) is 35.9 Å². The Kier molecular flexibility index (Phi) is 5.19. The maximum Gasteiger partial charge on any atom is 0.275 e. The lowest BCUT2D eigenvalue weighted by atomic mass is 10.1. The molecule has 2 aromatic carbocycles. The first kappa shape index (κ1) is 17.9. The molecule has 0 fully saturated rings. The van der Waals surface area contributed by atoms with Gasteiger partial charge < -0.3 is 10.6 Å². The van der Waals surface area contributed by atoms with E-state index in [1.165, 1.54) is 12.4 Å². The SMILES string of the molecule is Cc1ccc(Nc2cnc(C(=O)Nc3c(C)cccc3C)cn2)cc1Cl. The van der Waals surface area contributed by atoms with Crippen LogP contribution in [0.25, 0.3) is 0 Å². The first-order chi connectivity index (χ1) is 12.4. The standard InChI is InChI=1S/C20H19ClN4O/c1-12-7-8-15(9-16(12)21)24-18-11-22-17(10-23-18)20(26)25-19-13(2)5-4-6-14(19)3/h4-11H,1-3H3,(H,23,24)(H,25,26). The number of anilines is 3. The molecule has 132 valence electrons. The van der Waals surface area contributed by atoms with Gasteiger partial charge in [-0.15, -0.1) is 0 Å². The van der Waals surface area contributed by atoms with E-state index in [-0.39, 0.29) is 11.6 Å². The van der Waals surface area contributed by atoms with Crippen LogP contribution in [0.4, 0.5) is 17.2 Å². The minimum Gasteiger partial charge on any atom is -0.339 e. The number of halogens is 1. The van der Waals surface area contributed by atoms with Crippen LogP contribution in [-0.4, -0.2) is 15.9 Å². The summed E-state index contributed by atoms with van der Waals surface area (Å²) in [7, 11) is 0. The molecule has 2 N–H and O–H groups in total. The van der Waals surface area contributed by atoms with Crippen molar-refractivity contribution in [2.24, 2.45) is 0 Å². The van der Waals surface area contributed by atoms with E-state index >= 15 is 0 Å². The van der Waals surface area contributed by atoms with Crippen LogP contribution in [0.15, 0.2) is 48.8 Å². The summed E-state index contributed by atoms with van der Waals surface area (Å²) < 4.78 is 0. The van der Waals surface area contributed by atoms with E-state index in [9.17, 15) is 4.79 Å². The number of nitrogens with one attached hydrogen (secondary N) is 2. The third kappa shape index (κ3) is 4.00. The Morgan fingerprint density at radius 3 is 2.31 bits per heavy atom. The Morgan fingerprint density at radius 1 is 0.962 bits per heavy atom. The largest absolute Gasteiger partial charge is 0.339 e. The molecule has 0 aliphatic rings. The van der Waals surface area contributed by atoms with Crippen LogP contribution in [0.3, 0.4) is 0 Å². The van der Waals surface area contributed by atoms with Crippen molar-refractivity contribution in [3.8, 4) is 0 Å². The molecule has 3 aromatic rings. The van der Waals surface area contributed by atoms with Crippen LogP contribution in [0.5, 0.6) is 0 Å². The molecule has 0 saturated heterocycles. The first-order valence-electron chi connectivity index (χ1n) is 8.17. The van der Waals surface area contributed by atoms with Gasteiger partial charge in [0.2, 0.25) is 0 Å². The molecule has 0 bridgehead atoms. The number of rotatable bonds is 4. The lowest BCUT2D eigenvalue weighted by Gasteiger charge is -2.11. The molecular weight excluding hydrogens is 348 g/mol. The van der Waals surface area contributed by atoms with Gasteiger partial charge in [0.05, 0.1) is 12.4 Å². The molecule has 0 spiro atoms. The Labute approximate surface area is 157 Å². The van der Waals surface area contributed by atoms with Crippen molar-refractivity contribution in [1.29, 1.82) is 0 Å². The molecular formula is C20H19ClN4O. The van der Waals surface area contributed by atoms with E-state index < -0.39 is 0 Å². The topological polar surface area (TPSA) is 66.9 Å². The molecule has 5 nitrogen and oxygen atoms in total. The third-order valence-corrected chi connectivity index (χ3v) is 4.46. The van der Waals surface area contributed by atoms with Crippen molar-refractivity contribution < 1.29 is 4.79 Å². The van der Waals surface area contributed by atoms with Gasteiger partial charge >= 0.3 is 0 Å². The summed E-state index contributed by atoms with van der Waals surface area (Å²) in [5, 5.41) is 6.69. The molecule has 3 rings (SSSR count). The molecule has 0 aliphatic carbocycles. The average molecular weight is 367 g/mol. The Balaban J connectivity index is 1.72. The number of carbonyl (C=O) groups excluding carboxylic acids is 1. The van der Waals surface area contributed by atoms with Crippen molar-refractivity contribution in [3.05, 3.63) is 76.2 Å². The molecule has 26 heavy (non-hydrogen) atoms. The number of hydrogen-bond donors (Lipinski definition) is 2. The molecule has 1 heterocycles. The smallest absolute Gasteiger partial charge is 0.275 e. The first-order valence-corrected chi connectivity index (χ1v) is 8.54. The van der Waals surface area contributed by atoms with Crippen molar-refractivity contribution in [2.45, 2.75) is 20.8 Å². The highest BCUT2D eigenvalue weighted by Crippen LogP contribution is 2.23. The number of aryl methyl sites for hydroxylation is 3. The van der Waals surface area contributed by atoms with Gasteiger partial charge in [0, 0.05) is 16.4 Å². The number of aromatic nitrogens is 2. The van der Waals surface area contributed by atoms with Gasteiger partial charge in [-0.05, 0) is 49.6 Å². The summed E-state index contributed by atoms with van der Waals surface area (Å²) in [6.45, 7) is 5.84. The number of nitrogens with zero attached hydrogens (tertiary/aromatic N) is 2. The maximum atomic E-state index is 12.4. The van der Waals surface area contributed by atoms with E-state index in [0.29, 0.717) is 10.8 Å². The summed E-state index contributed by atoms with van der Waals surface area (Å²) in [6, 6.07) is 11.5. The Bertz CT molecular complexity index is 934. The highest BCUT2D eigenvalue weighted by Gasteiger charge is 2.11. The van der Waals surface area contributed by atoms with Crippen LogP contribution in [0, 0.1) is 20.8 Å². The fourth-order valence-electron chi connectivity index (χ4n) is 2.52. The molecule has 0 saturated carbocycles.